The van der Waals surface area contributed by atoms with Crippen molar-refractivity contribution in [1.82, 2.24) is 4.57 Å². The molecule has 0 saturated carbocycles. The van der Waals surface area contributed by atoms with Gasteiger partial charge in [0.05, 0.1) is 22.2 Å². The summed E-state index contributed by atoms with van der Waals surface area (Å²) >= 11 is 0. The van der Waals surface area contributed by atoms with E-state index in [0.717, 1.165) is 55.0 Å². The van der Waals surface area contributed by atoms with Crippen LogP contribution in [0.15, 0.2) is 156 Å². The lowest BCUT2D eigenvalue weighted by molar-refractivity contribution is 0.666. The normalized spacial score (nSPS) is 11.3. The Morgan fingerprint density at radius 1 is 0.458 bits per heavy atom. The van der Waals surface area contributed by atoms with Gasteiger partial charge in [0.1, 0.15) is 23.4 Å². The standard InChI is InChI=1S/C44H25N3O/c45-26-36-41(30-16-8-3-9-17-30)37(27-46)43(44-42(36)33-18-10-11-19-40(33)48-44)47-38-22-20-31(28-12-4-1-5-13-28)24-34(38)35-25-32(21-23-39(35)47)29-14-6-2-7-15-29/h1-25H. The van der Waals surface area contributed by atoms with Crippen LogP contribution in [0.5, 0.6) is 0 Å². The van der Waals surface area contributed by atoms with Crippen molar-refractivity contribution in [3.8, 4) is 51.2 Å². The van der Waals surface area contributed by atoms with Crippen LogP contribution in [0, 0.1) is 22.7 Å². The van der Waals surface area contributed by atoms with Crippen molar-refractivity contribution in [2.75, 3.05) is 0 Å². The Morgan fingerprint density at radius 2 is 0.958 bits per heavy atom. The molecule has 48 heavy (non-hydrogen) atoms. The molecule has 0 atom stereocenters. The number of fused-ring (bicyclic) bond motifs is 6. The monoisotopic (exact) mass is 611 g/mol. The number of aromatic nitrogens is 1. The fraction of sp³-hybridized carbons (Fsp3) is 0. The molecule has 0 amide bonds. The third kappa shape index (κ3) is 4.07. The number of rotatable bonds is 4. The van der Waals surface area contributed by atoms with Crippen LogP contribution < -0.4 is 0 Å². The molecule has 0 radical (unpaired) electrons. The second kappa shape index (κ2) is 10.9. The number of hydrogen-bond acceptors (Lipinski definition) is 3. The highest BCUT2D eigenvalue weighted by Gasteiger charge is 2.28. The fourth-order valence-electron chi connectivity index (χ4n) is 7.15. The topological polar surface area (TPSA) is 65.7 Å². The third-order valence-corrected chi connectivity index (χ3v) is 9.29. The summed E-state index contributed by atoms with van der Waals surface area (Å²) in [6.45, 7) is 0. The lowest BCUT2D eigenvalue weighted by atomic mass is 9.90. The highest BCUT2D eigenvalue weighted by atomic mass is 16.3. The van der Waals surface area contributed by atoms with Gasteiger partial charge in [-0.15, -0.1) is 0 Å². The van der Waals surface area contributed by atoms with E-state index < -0.39 is 0 Å². The first-order valence-corrected chi connectivity index (χ1v) is 15.8. The van der Waals surface area contributed by atoms with Crippen molar-refractivity contribution in [3.63, 3.8) is 0 Å². The summed E-state index contributed by atoms with van der Waals surface area (Å²) in [7, 11) is 0. The van der Waals surface area contributed by atoms with Crippen LogP contribution in [-0.2, 0) is 0 Å². The van der Waals surface area contributed by atoms with Gasteiger partial charge in [-0.2, -0.15) is 10.5 Å². The molecule has 4 heteroatoms. The maximum atomic E-state index is 11.0. The quantitative estimate of drug-likeness (QED) is 0.199. The van der Waals surface area contributed by atoms with E-state index in [1.165, 1.54) is 0 Å². The maximum absolute atomic E-state index is 11.0. The summed E-state index contributed by atoms with van der Waals surface area (Å²) < 4.78 is 8.80. The van der Waals surface area contributed by atoms with Gasteiger partial charge in [0.15, 0.2) is 5.58 Å². The van der Waals surface area contributed by atoms with Gasteiger partial charge in [-0.25, -0.2) is 0 Å². The van der Waals surface area contributed by atoms with E-state index in [-0.39, 0.29) is 0 Å². The second-order valence-electron chi connectivity index (χ2n) is 11.9. The zero-order valence-corrected chi connectivity index (χ0v) is 25.7. The molecule has 0 spiro atoms. The van der Waals surface area contributed by atoms with Crippen molar-refractivity contribution >= 4 is 43.7 Å². The summed E-state index contributed by atoms with van der Waals surface area (Å²) in [5.74, 6) is 0. The summed E-state index contributed by atoms with van der Waals surface area (Å²) in [6, 6.07) is 56.3. The molecule has 2 heterocycles. The molecule has 0 aliphatic heterocycles. The van der Waals surface area contributed by atoms with Gasteiger partial charge in [-0.3, -0.25) is 0 Å². The van der Waals surface area contributed by atoms with E-state index >= 15 is 0 Å². The molecule has 0 bridgehead atoms. The predicted molar refractivity (Wildman–Crippen MR) is 194 cm³/mol. The van der Waals surface area contributed by atoms with E-state index in [0.29, 0.717) is 38.9 Å². The summed E-state index contributed by atoms with van der Waals surface area (Å²) in [5, 5.41) is 25.4. The Balaban J connectivity index is 1.48. The van der Waals surface area contributed by atoms with Crippen LogP contribution in [0.1, 0.15) is 11.1 Å². The minimum absolute atomic E-state index is 0.391. The van der Waals surface area contributed by atoms with E-state index in [2.05, 4.69) is 102 Å². The molecule has 222 valence electrons. The van der Waals surface area contributed by atoms with E-state index in [4.69, 9.17) is 4.42 Å². The van der Waals surface area contributed by atoms with Crippen LogP contribution in [-0.4, -0.2) is 4.57 Å². The second-order valence-corrected chi connectivity index (χ2v) is 11.9. The van der Waals surface area contributed by atoms with Crippen LogP contribution in [0.2, 0.25) is 0 Å². The molecule has 0 unspecified atom stereocenters. The average molecular weight is 612 g/mol. The Kier molecular flexibility index (Phi) is 6.22. The Bertz CT molecular complexity index is 2680. The number of furan rings is 1. The van der Waals surface area contributed by atoms with Crippen molar-refractivity contribution in [2.24, 2.45) is 0 Å². The molecule has 7 aromatic carbocycles. The molecule has 2 aromatic heterocycles. The minimum atomic E-state index is 0.391. The Morgan fingerprint density at radius 3 is 1.50 bits per heavy atom. The number of para-hydroxylation sites is 1. The molecule has 0 fully saturated rings. The van der Waals surface area contributed by atoms with Crippen LogP contribution in [0.3, 0.4) is 0 Å². The summed E-state index contributed by atoms with van der Waals surface area (Å²) in [4.78, 5) is 0. The van der Waals surface area contributed by atoms with Crippen LogP contribution >= 0.6 is 0 Å². The van der Waals surface area contributed by atoms with Crippen molar-refractivity contribution < 1.29 is 4.42 Å². The lowest BCUT2D eigenvalue weighted by Crippen LogP contribution is -2.03. The van der Waals surface area contributed by atoms with Gasteiger partial charge in [0.25, 0.3) is 0 Å². The minimum Gasteiger partial charge on any atom is -0.454 e. The zero-order chi connectivity index (χ0) is 32.2. The molecule has 4 nitrogen and oxygen atoms in total. The van der Waals surface area contributed by atoms with Gasteiger partial charge >= 0.3 is 0 Å². The third-order valence-electron chi connectivity index (χ3n) is 9.29. The lowest BCUT2D eigenvalue weighted by Gasteiger charge is -2.16. The van der Waals surface area contributed by atoms with Gasteiger partial charge in [-0.1, -0.05) is 121 Å². The number of benzene rings is 7. The van der Waals surface area contributed by atoms with E-state index in [1.807, 2.05) is 66.7 Å². The number of nitrogens with zero attached hydrogens (tertiary/aromatic N) is 3. The van der Waals surface area contributed by atoms with Gasteiger partial charge < -0.3 is 8.98 Å². The molecular weight excluding hydrogens is 587 g/mol. The highest BCUT2D eigenvalue weighted by Crippen LogP contribution is 2.46. The smallest absolute Gasteiger partial charge is 0.162 e. The first-order valence-electron chi connectivity index (χ1n) is 15.8. The van der Waals surface area contributed by atoms with Crippen LogP contribution in [0.4, 0.5) is 0 Å². The average Bonchev–Trinajstić information content (AvgIpc) is 3.70. The Labute approximate surface area is 276 Å². The maximum Gasteiger partial charge on any atom is 0.162 e. The van der Waals surface area contributed by atoms with Gasteiger partial charge in [0, 0.05) is 27.1 Å². The predicted octanol–water partition coefficient (Wildman–Crippen LogP) is 11.4. The van der Waals surface area contributed by atoms with E-state index in [9.17, 15) is 10.5 Å². The highest BCUT2D eigenvalue weighted by molar-refractivity contribution is 6.17. The molecule has 0 aliphatic carbocycles. The van der Waals surface area contributed by atoms with E-state index in [1.54, 1.807) is 0 Å². The first kappa shape index (κ1) is 27.4. The summed E-state index contributed by atoms with van der Waals surface area (Å²) in [5.41, 5.74) is 10.4. The molecule has 0 saturated heterocycles. The van der Waals surface area contributed by atoms with Gasteiger partial charge in [-0.05, 0) is 58.1 Å². The molecule has 0 aliphatic rings. The molecule has 0 N–H and O–H groups in total. The largest absolute Gasteiger partial charge is 0.454 e. The fourth-order valence-corrected chi connectivity index (χ4v) is 7.15. The summed E-state index contributed by atoms with van der Waals surface area (Å²) in [6.07, 6.45) is 0. The number of nitriles is 2. The molecule has 9 rings (SSSR count). The van der Waals surface area contributed by atoms with Crippen LogP contribution in [0.25, 0.3) is 82.8 Å². The first-order chi connectivity index (χ1) is 23.7. The SMILES string of the molecule is N#Cc1c(-c2ccccc2)c(C#N)c2c(oc3ccccc32)c1-n1c2ccc(-c3ccccc3)cc2c2cc(-c3ccccc3)ccc21. The Hall–Kier alpha value is -6.88. The molecular formula is C44H25N3O. The molecule has 9 aromatic rings. The van der Waals surface area contributed by atoms with Crippen molar-refractivity contribution in [1.29, 1.82) is 10.5 Å². The van der Waals surface area contributed by atoms with Crippen molar-refractivity contribution in [3.05, 3.63) is 163 Å². The van der Waals surface area contributed by atoms with Gasteiger partial charge in [0.2, 0.25) is 0 Å². The number of hydrogen-bond donors (Lipinski definition) is 0. The van der Waals surface area contributed by atoms with Crippen molar-refractivity contribution in [2.45, 2.75) is 0 Å². The zero-order valence-electron chi connectivity index (χ0n) is 25.7.